The lowest BCUT2D eigenvalue weighted by molar-refractivity contribution is -0.0729. The summed E-state index contributed by atoms with van der Waals surface area (Å²) >= 11 is 0. The fourth-order valence-corrected chi connectivity index (χ4v) is 5.49. The van der Waals surface area contributed by atoms with Gasteiger partial charge in [-0.3, -0.25) is 0 Å². The lowest BCUT2D eigenvalue weighted by atomic mass is 9.48. The molecule has 0 saturated heterocycles. The van der Waals surface area contributed by atoms with E-state index in [1.54, 1.807) is 0 Å². The lowest BCUT2D eigenvalue weighted by Gasteiger charge is -2.59. The van der Waals surface area contributed by atoms with E-state index in [1.165, 1.54) is 38.5 Å². The molecule has 0 aromatic rings. The molecule has 116 valence electrons. The van der Waals surface area contributed by atoms with Crippen molar-refractivity contribution < 1.29 is 10.2 Å². The minimum atomic E-state index is -0.392. The van der Waals surface area contributed by atoms with Crippen molar-refractivity contribution in [2.75, 3.05) is 19.8 Å². The minimum absolute atomic E-state index is 0.0457. The van der Waals surface area contributed by atoms with Gasteiger partial charge in [0.25, 0.3) is 0 Å². The predicted octanol–water partition coefficient (Wildman–Crippen LogP) is 2.17. The third kappa shape index (κ3) is 2.53. The lowest BCUT2D eigenvalue weighted by Crippen LogP contribution is -2.56. The molecule has 20 heavy (non-hydrogen) atoms. The largest absolute Gasteiger partial charge is 0.396 e. The first-order chi connectivity index (χ1) is 9.48. The van der Waals surface area contributed by atoms with Crippen molar-refractivity contribution in [3.63, 3.8) is 0 Å². The van der Waals surface area contributed by atoms with Gasteiger partial charge in [0.2, 0.25) is 0 Å². The summed E-state index contributed by atoms with van der Waals surface area (Å²) in [6.45, 7) is 5.09. The van der Waals surface area contributed by atoms with Gasteiger partial charge in [-0.2, -0.15) is 0 Å². The molecule has 4 saturated carbocycles. The van der Waals surface area contributed by atoms with Gasteiger partial charge >= 0.3 is 0 Å². The van der Waals surface area contributed by atoms with Crippen molar-refractivity contribution in [2.24, 2.45) is 28.6 Å². The molecule has 3 heteroatoms. The van der Waals surface area contributed by atoms with E-state index >= 15 is 0 Å². The molecule has 4 fully saturated rings. The van der Waals surface area contributed by atoms with E-state index < -0.39 is 5.41 Å². The van der Waals surface area contributed by atoms with Gasteiger partial charge < -0.3 is 15.5 Å². The van der Waals surface area contributed by atoms with Gasteiger partial charge in [-0.05, 0) is 68.6 Å². The second-order valence-corrected chi connectivity index (χ2v) is 8.51. The Morgan fingerprint density at radius 1 is 1.05 bits per heavy atom. The Morgan fingerprint density at radius 2 is 1.50 bits per heavy atom. The van der Waals surface area contributed by atoms with Crippen molar-refractivity contribution >= 4 is 0 Å². The van der Waals surface area contributed by atoms with E-state index in [2.05, 4.69) is 12.2 Å². The van der Waals surface area contributed by atoms with Crippen molar-refractivity contribution in [3.05, 3.63) is 0 Å². The molecule has 4 bridgehead atoms. The van der Waals surface area contributed by atoms with E-state index in [-0.39, 0.29) is 13.2 Å². The summed E-state index contributed by atoms with van der Waals surface area (Å²) in [6, 6.07) is 0.508. The van der Waals surface area contributed by atoms with Crippen molar-refractivity contribution in [2.45, 2.75) is 58.4 Å². The molecule has 1 unspecified atom stereocenters. The van der Waals surface area contributed by atoms with Crippen molar-refractivity contribution in [3.8, 4) is 0 Å². The Morgan fingerprint density at radius 3 is 1.90 bits per heavy atom. The summed E-state index contributed by atoms with van der Waals surface area (Å²) in [5.41, 5.74) is 0.108. The molecule has 3 nitrogen and oxygen atoms in total. The third-order valence-electron chi connectivity index (χ3n) is 6.60. The molecular weight excluding hydrogens is 250 g/mol. The zero-order valence-corrected chi connectivity index (χ0v) is 13.1. The second-order valence-electron chi connectivity index (χ2n) is 8.51. The molecule has 0 aliphatic heterocycles. The fourth-order valence-electron chi connectivity index (χ4n) is 5.49. The van der Waals surface area contributed by atoms with Gasteiger partial charge in [0.05, 0.1) is 13.2 Å². The molecule has 4 aliphatic rings. The van der Waals surface area contributed by atoms with Gasteiger partial charge in [0, 0.05) is 18.0 Å². The molecule has 0 aromatic heterocycles. The summed E-state index contributed by atoms with van der Waals surface area (Å²) in [5, 5.41) is 22.5. The van der Waals surface area contributed by atoms with E-state index in [0.717, 1.165) is 17.8 Å². The summed E-state index contributed by atoms with van der Waals surface area (Å²) in [7, 11) is 0. The van der Waals surface area contributed by atoms with Crippen LogP contribution in [-0.4, -0.2) is 36.0 Å². The molecule has 0 radical (unpaired) electrons. The smallest absolute Gasteiger partial charge is 0.0518 e. The Balaban J connectivity index is 1.64. The van der Waals surface area contributed by atoms with Crippen LogP contribution in [0.25, 0.3) is 0 Å². The Hall–Kier alpha value is -0.120. The first-order valence-corrected chi connectivity index (χ1v) is 8.44. The highest BCUT2D eigenvalue weighted by Crippen LogP contribution is 2.61. The normalized spacial score (nSPS) is 41.1. The van der Waals surface area contributed by atoms with Crippen molar-refractivity contribution in [1.82, 2.24) is 5.32 Å². The van der Waals surface area contributed by atoms with Crippen LogP contribution >= 0.6 is 0 Å². The van der Waals surface area contributed by atoms with Crippen molar-refractivity contribution in [1.29, 1.82) is 0 Å². The maximum absolute atomic E-state index is 9.43. The van der Waals surface area contributed by atoms with E-state index in [4.69, 9.17) is 0 Å². The van der Waals surface area contributed by atoms with Gasteiger partial charge in [-0.25, -0.2) is 0 Å². The monoisotopic (exact) mass is 281 g/mol. The molecular formula is C17H31NO2. The second kappa shape index (κ2) is 5.26. The molecule has 1 atom stereocenters. The highest BCUT2D eigenvalue weighted by atomic mass is 16.3. The van der Waals surface area contributed by atoms with Crippen LogP contribution in [-0.2, 0) is 0 Å². The van der Waals surface area contributed by atoms with Crippen LogP contribution < -0.4 is 5.32 Å². The van der Waals surface area contributed by atoms with E-state index in [9.17, 15) is 10.2 Å². The third-order valence-corrected chi connectivity index (χ3v) is 6.60. The highest BCUT2D eigenvalue weighted by molar-refractivity contribution is 5.05. The molecule has 0 aromatic carbocycles. The van der Waals surface area contributed by atoms with Crippen LogP contribution in [0.1, 0.15) is 52.4 Å². The first kappa shape index (κ1) is 14.8. The number of hydrogen-bond donors (Lipinski definition) is 3. The molecule has 4 rings (SSSR count). The molecule has 0 spiro atoms. The molecule has 3 N–H and O–H groups in total. The number of aliphatic hydroxyl groups is 2. The van der Waals surface area contributed by atoms with Gasteiger partial charge in [0.1, 0.15) is 0 Å². The zero-order valence-electron chi connectivity index (χ0n) is 13.1. The number of rotatable bonds is 6. The Bertz CT molecular complexity index is 316. The first-order valence-electron chi connectivity index (χ1n) is 8.44. The molecule has 0 heterocycles. The number of nitrogens with one attached hydrogen (secondary N) is 1. The number of aliphatic hydroxyl groups excluding tert-OH is 2. The summed E-state index contributed by atoms with van der Waals surface area (Å²) < 4.78 is 0. The summed E-state index contributed by atoms with van der Waals surface area (Å²) in [5.74, 6) is 2.94. The SMILES string of the molecule is CC(NCC(C)(CO)CO)C12CC3CC(CC(C3)C1)C2. The highest BCUT2D eigenvalue weighted by Gasteiger charge is 2.53. The molecule has 4 aliphatic carbocycles. The van der Waals surface area contributed by atoms with Crippen LogP contribution in [0.2, 0.25) is 0 Å². The summed E-state index contributed by atoms with van der Waals surface area (Å²) in [4.78, 5) is 0. The van der Waals surface area contributed by atoms with Crippen LogP contribution in [0.3, 0.4) is 0 Å². The van der Waals surface area contributed by atoms with Crippen LogP contribution in [0.15, 0.2) is 0 Å². The van der Waals surface area contributed by atoms with E-state index in [1.807, 2.05) is 6.92 Å². The molecule has 0 amide bonds. The van der Waals surface area contributed by atoms with Gasteiger partial charge in [-0.1, -0.05) is 6.92 Å². The summed E-state index contributed by atoms with van der Waals surface area (Å²) in [6.07, 6.45) is 8.66. The number of hydrogen-bond acceptors (Lipinski definition) is 3. The van der Waals surface area contributed by atoms with Gasteiger partial charge in [-0.15, -0.1) is 0 Å². The quantitative estimate of drug-likeness (QED) is 0.699. The fraction of sp³-hybridized carbons (Fsp3) is 1.00. The minimum Gasteiger partial charge on any atom is -0.396 e. The van der Waals surface area contributed by atoms with Gasteiger partial charge in [0.15, 0.2) is 0 Å². The predicted molar refractivity (Wildman–Crippen MR) is 80.3 cm³/mol. The zero-order chi connectivity index (χ0) is 14.4. The standard InChI is InChI=1S/C17H31NO2/c1-12(18-9-16(2,10-19)11-20)17-6-13-3-14(7-17)5-15(4-13)8-17/h12-15,18-20H,3-11H2,1-2H3. The van der Waals surface area contributed by atoms with Crippen LogP contribution in [0.4, 0.5) is 0 Å². The average molecular weight is 281 g/mol. The van der Waals surface area contributed by atoms with Crippen LogP contribution in [0.5, 0.6) is 0 Å². The Kier molecular flexibility index (Phi) is 3.89. The maximum Gasteiger partial charge on any atom is 0.0518 e. The average Bonchev–Trinajstić information content (AvgIpc) is 2.43. The van der Waals surface area contributed by atoms with E-state index in [0.29, 0.717) is 18.0 Å². The Labute approximate surface area is 123 Å². The topological polar surface area (TPSA) is 52.5 Å². The van der Waals surface area contributed by atoms with Crippen LogP contribution in [0, 0.1) is 28.6 Å². The maximum atomic E-state index is 9.43.